The summed E-state index contributed by atoms with van der Waals surface area (Å²) in [5.41, 5.74) is 1.19. The van der Waals surface area contributed by atoms with Crippen LogP contribution in [-0.2, 0) is 24.3 Å². The van der Waals surface area contributed by atoms with E-state index in [9.17, 15) is 18.0 Å². The van der Waals surface area contributed by atoms with Gasteiger partial charge in [-0.1, -0.05) is 6.07 Å². The number of hydrogen-bond acceptors (Lipinski definition) is 6. The van der Waals surface area contributed by atoms with Crippen molar-refractivity contribution in [3.05, 3.63) is 29.3 Å². The van der Waals surface area contributed by atoms with Crippen LogP contribution in [0.15, 0.2) is 18.2 Å². The van der Waals surface area contributed by atoms with Crippen LogP contribution >= 0.6 is 0 Å². The zero-order valence-corrected chi connectivity index (χ0v) is 14.9. The normalized spacial score (nSPS) is 12.3. The Morgan fingerprint density at radius 2 is 1.92 bits per heavy atom. The van der Waals surface area contributed by atoms with Gasteiger partial charge in [0.25, 0.3) is 5.91 Å². The summed E-state index contributed by atoms with van der Waals surface area (Å²) in [4.78, 5) is 24.0. The van der Waals surface area contributed by atoms with Crippen LogP contribution < -0.4 is 10.0 Å². The zero-order valence-electron chi connectivity index (χ0n) is 14.1. The largest absolute Gasteiger partial charge is 0.467 e. The molecule has 2 N–H and O–H groups in total. The van der Waals surface area contributed by atoms with Gasteiger partial charge >= 0.3 is 5.97 Å². The van der Waals surface area contributed by atoms with Gasteiger partial charge in [0.1, 0.15) is 6.04 Å². The standard InChI is InChI=1S/C15H22N2O6S/c1-10-5-6-11(9-13(10)17-24(4,20)21)14(18)16-12(7-8-22-2)15(19)23-3/h5-6,9,12,17H,7-8H2,1-4H3,(H,16,18). The molecule has 8 nitrogen and oxygen atoms in total. The van der Waals surface area contributed by atoms with Gasteiger partial charge in [-0.25, -0.2) is 13.2 Å². The molecule has 0 aromatic heterocycles. The lowest BCUT2D eigenvalue weighted by atomic mass is 10.1. The van der Waals surface area contributed by atoms with E-state index in [1.807, 2.05) is 0 Å². The molecule has 1 amide bonds. The van der Waals surface area contributed by atoms with Crippen molar-refractivity contribution in [3.63, 3.8) is 0 Å². The number of anilines is 1. The van der Waals surface area contributed by atoms with E-state index < -0.39 is 27.9 Å². The van der Waals surface area contributed by atoms with Crippen LogP contribution in [0.25, 0.3) is 0 Å². The van der Waals surface area contributed by atoms with Crippen molar-refractivity contribution in [1.29, 1.82) is 0 Å². The molecule has 1 rings (SSSR count). The second kappa shape index (κ2) is 8.65. The Morgan fingerprint density at radius 3 is 2.46 bits per heavy atom. The van der Waals surface area contributed by atoms with Crippen molar-refractivity contribution >= 4 is 27.6 Å². The molecule has 0 radical (unpaired) electrons. The Labute approximate surface area is 141 Å². The maximum atomic E-state index is 12.3. The van der Waals surface area contributed by atoms with Crippen LogP contribution in [0.5, 0.6) is 0 Å². The Balaban J connectivity index is 2.97. The smallest absolute Gasteiger partial charge is 0.328 e. The molecule has 1 atom stereocenters. The molecule has 0 bridgehead atoms. The minimum absolute atomic E-state index is 0.220. The molecule has 1 aromatic carbocycles. The summed E-state index contributed by atoms with van der Waals surface area (Å²) < 4.78 is 34.7. The fraction of sp³-hybridized carbons (Fsp3) is 0.467. The third kappa shape index (κ3) is 6.17. The van der Waals surface area contributed by atoms with Gasteiger partial charge in [-0.2, -0.15) is 0 Å². The fourth-order valence-corrected chi connectivity index (χ4v) is 2.56. The first-order valence-electron chi connectivity index (χ1n) is 7.14. The number of amides is 1. The average Bonchev–Trinajstić information content (AvgIpc) is 2.51. The van der Waals surface area contributed by atoms with Crippen molar-refractivity contribution < 1.29 is 27.5 Å². The third-order valence-corrected chi connectivity index (χ3v) is 3.79. The number of carbonyl (C=O) groups is 2. The first-order chi connectivity index (χ1) is 11.2. The van der Waals surface area contributed by atoms with Crippen LogP contribution in [0.4, 0.5) is 5.69 Å². The number of methoxy groups -OCH3 is 2. The van der Waals surface area contributed by atoms with Crippen molar-refractivity contribution in [2.75, 3.05) is 31.8 Å². The lowest BCUT2D eigenvalue weighted by Gasteiger charge is -2.17. The van der Waals surface area contributed by atoms with Crippen molar-refractivity contribution in [1.82, 2.24) is 5.32 Å². The highest BCUT2D eigenvalue weighted by atomic mass is 32.2. The molecule has 0 fully saturated rings. The number of rotatable bonds is 8. The van der Waals surface area contributed by atoms with Crippen LogP contribution in [0.1, 0.15) is 22.3 Å². The Bertz CT molecular complexity index is 702. The number of aryl methyl sites for hydroxylation is 1. The first kappa shape index (κ1) is 19.9. The maximum absolute atomic E-state index is 12.3. The van der Waals surface area contributed by atoms with Gasteiger partial charge in [-0.3, -0.25) is 9.52 Å². The molecule has 0 aliphatic heterocycles. The highest BCUT2D eigenvalue weighted by molar-refractivity contribution is 7.92. The van der Waals surface area contributed by atoms with Crippen molar-refractivity contribution in [3.8, 4) is 0 Å². The van der Waals surface area contributed by atoms with E-state index >= 15 is 0 Å². The minimum atomic E-state index is -3.47. The predicted octanol–water partition coefficient (Wildman–Crippen LogP) is 0.674. The van der Waals surface area contributed by atoms with Crippen LogP contribution in [0.2, 0.25) is 0 Å². The summed E-state index contributed by atoms with van der Waals surface area (Å²) in [5.74, 6) is -1.10. The topological polar surface area (TPSA) is 111 Å². The van der Waals surface area contributed by atoms with Crippen LogP contribution in [0, 0.1) is 6.92 Å². The lowest BCUT2D eigenvalue weighted by Crippen LogP contribution is -2.42. The van der Waals surface area contributed by atoms with Gasteiger partial charge in [-0.05, 0) is 24.6 Å². The van der Waals surface area contributed by atoms with Gasteiger partial charge in [-0.15, -0.1) is 0 Å². The number of benzene rings is 1. The Kier molecular flexibility index (Phi) is 7.18. The van der Waals surface area contributed by atoms with Gasteiger partial charge in [0.2, 0.25) is 10.0 Å². The first-order valence-corrected chi connectivity index (χ1v) is 9.03. The Morgan fingerprint density at radius 1 is 1.25 bits per heavy atom. The molecular weight excluding hydrogens is 336 g/mol. The van der Waals surface area contributed by atoms with E-state index in [-0.39, 0.29) is 18.6 Å². The van der Waals surface area contributed by atoms with Gasteiger partial charge in [0.15, 0.2) is 0 Å². The number of ether oxygens (including phenoxy) is 2. The quantitative estimate of drug-likeness (QED) is 0.661. The second-order valence-corrected chi connectivity index (χ2v) is 6.98. The molecule has 24 heavy (non-hydrogen) atoms. The van der Waals surface area contributed by atoms with Gasteiger partial charge in [0.05, 0.1) is 19.1 Å². The molecule has 134 valence electrons. The molecule has 0 saturated carbocycles. The van der Waals surface area contributed by atoms with E-state index in [1.165, 1.54) is 20.3 Å². The number of carbonyl (C=O) groups excluding carboxylic acids is 2. The summed E-state index contributed by atoms with van der Waals surface area (Å²) >= 11 is 0. The highest BCUT2D eigenvalue weighted by Crippen LogP contribution is 2.18. The summed E-state index contributed by atoms with van der Waals surface area (Å²) in [5, 5.41) is 2.56. The molecule has 0 heterocycles. The molecular formula is C15H22N2O6S. The van der Waals surface area contributed by atoms with Gasteiger partial charge < -0.3 is 14.8 Å². The molecule has 0 aliphatic carbocycles. The average molecular weight is 358 g/mol. The monoisotopic (exact) mass is 358 g/mol. The summed E-state index contributed by atoms with van der Waals surface area (Å²) in [6.07, 6.45) is 1.28. The second-order valence-electron chi connectivity index (χ2n) is 5.23. The van der Waals surface area contributed by atoms with E-state index in [0.29, 0.717) is 11.3 Å². The summed E-state index contributed by atoms with van der Waals surface area (Å²) in [6.45, 7) is 1.99. The third-order valence-electron chi connectivity index (χ3n) is 3.20. The van der Waals surface area contributed by atoms with Crippen molar-refractivity contribution in [2.24, 2.45) is 0 Å². The van der Waals surface area contributed by atoms with Crippen LogP contribution in [-0.4, -0.2) is 53.4 Å². The fourth-order valence-electron chi connectivity index (χ4n) is 1.94. The zero-order chi connectivity index (χ0) is 18.3. The predicted molar refractivity (Wildman–Crippen MR) is 89.4 cm³/mol. The number of nitrogens with one attached hydrogen (secondary N) is 2. The summed E-state index contributed by atoms with van der Waals surface area (Å²) in [7, 11) is -0.751. The maximum Gasteiger partial charge on any atom is 0.328 e. The molecule has 1 unspecified atom stereocenters. The van der Waals surface area contributed by atoms with E-state index in [0.717, 1.165) is 6.26 Å². The molecule has 9 heteroatoms. The van der Waals surface area contributed by atoms with Crippen molar-refractivity contribution in [2.45, 2.75) is 19.4 Å². The van der Waals surface area contributed by atoms with E-state index in [1.54, 1.807) is 19.1 Å². The van der Waals surface area contributed by atoms with E-state index in [2.05, 4.69) is 14.8 Å². The van der Waals surface area contributed by atoms with Gasteiger partial charge in [0, 0.05) is 25.7 Å². The number of esters is 1. The Hall–Kier alpha value is -2.13. The lowest BCUT2D eigenvalue weighted by molar-refractivity contribution is -0.143. The molecule has 0 aliphatic rings. The van der Waals surface area contributed by atoms with E-state index in [4.69, 9.17) is 4.74 Å². The highest BCUT2D eigenvalue weighted by Gasteiger charge is 2.22. The molecule has 1 aromatic rings. The minimum Gasteiger partial charge on any atom is -0.467 e. The van der Waals surface area contributed by atoms with Crippen LogP contribution in [0.3, 0.4) is 0 Å². The molecule has 0 spiro atoms. The molecule has 0 saturated heterocycles. The summed E-state index contributed by atoms with van der Waals surface area (Å²) in [6, 6.07) is 3.72. The SMILES string of the molecule is COCCC(NC(=O)c1ccc(C)c(NS(C)(=O)=O)c1)C(=O)OC. The number of sulfonamides is 1. The number of hydrogen-bond donors (Lipinski definition) is 2.